The van der Waals surface area contributed by atoms with Gasteiger partial charge in [-0.3, -0.25) is 10.2 Å². The molecule has 1 unspecified atom stereocenters. The minimum Gasteiger partial charge on any atom is -0.481 e. The molecule has 0 heterocycles. The van der Waals surface area contributed by atoms with E-state index in [0.29, 0.717) is 16.5 Å². The van der Waals surface area contributed by atoms with Gasteiger partial charge in [-0.05, 0) is 49.7 Å². The highest BCUT2D eigenvalue weighted by Gasteiger charge is 2.16. The average Bonchev–Trinajstić information content (AvgIpc) is 2.56. The Kier molecular flexibility index (Phi) is 6.03. The molecule has 0 aliphatic heterocycles. The second-order valence-corrected chi connectivity index (χ2v) is 5.54. The fraction of sp³-hybridized carbons (Fsp3) is 0.176. The summed E-state index contributed by atoms with van der Waals surface area (Å²) >= 11 is 5.88. The summed E-state index contributed by atoms with van der Waals surface area (Å²) in [5.74, 6) is 0.0725. The number of nitrogens with one attached hydrogen (secondary N) is 3. The first-order valence-electron chi connectivity index (χ1n) is 7.30. The van der Waals surface area contributed by atoms with Crippen molar-refractivity contribution in [3.63, 3.8) is 0 Å². The van der Waals surface area contributed by atoms with Gasteiger partial charge in [-0.25, -0.2) is 10.2 Å². The van der Waals surface area contributed by atoms with Gasteiger partial charge in [0.05, 0.1) is 0 Å². The van der Waals surface area contributed by atoms with E-state index in [0.717, 1.165) is 5.56 Å². The van der Waals surface area contributed by atoms with Crippen LogP contribution < -0.4 is 20.9 Å². The second-order valence-electron chi connectivity index (χ2n) is 5.10. The van der Waals surface area contributed by atoms with Gasteiger partial charge in [0.15, 0.2) is 6.10 Å². The lowest BCUT2D eigenvalue weighted by atomic mass is 10.2. The molecule has 2 rings (SSSR count). The molecule has 0 radical (unpaired) electrons. The Labute approximate surface area is 145 Å². The van der Waals surface area contributed by atoms with Crippen LogP contribution in [-0.4, -0.2) is 18.0 Å². The molecule has 1 atom stereocenters. The summed E-state index contributed by atoms with van der Waals surface area (Å²) in [5, 5.41) is 3.17. The molecular formula is C17H18ClN3O3. The van der Waals surface area contributed by atoms with Crippen molar-refractivity contribution < 1.29 is 14.3 Å². The maximum atomic E-state index is 12.0. The molecule has 0 aliphatic carbocycles. The molecular weight excluding hydrogens is 330 g/mol. The summed E-state index contributed by atoms with van der Waals surface area (Å²) in [7, 11) is 0. The summed E-state index contributed by atoms with van der Waals surface area (Å²) in [5.41, 5.74) is 6.00. The molecule has 0 spiro atoms. The third-order valence-electron chi connectivity index (χ3n) is 3.14. The number of aryl methyl sites for hydroxylation is 1. The summed E-state index contributed by atoms with van der Waals surface area (Å²) in [6, 6.07) is 13.4. The van der Waals surface area contributed by atoms with E-state index < -0.39 is 18.0 Å². The fourth-order valence-corrected chi connectivity index (χ4v) is 2.12. The topological polar surface area (TPSA) is 79.5 Å². The van der Waals surface area contributed by atoms with E-state index in [2.05, 4.69) is 16.2 Å². The van der Waals surface area contributed by atoms with E-state index in [4.69, 9.17) is 16.3 Å². The van der Waals surface area contributed by atoms with Crippen molar-refractivity contribution in [1.82, 2.24) is 10.9 Å². The number of benzene rings is 2. The number of hydrazine groups is 1. The number of para-hydroxylation sites is 1. The third-order valence-corrected chi connectivity index (χ3v) is 3.38. The number of hydrogen-bond donors (Lipinski definition) is 3. The smallest absolute Gasteiger partial charge is 0.337 e. The van der Waals surface area contributed by atoms with Gasteiger partial charge >= 0.3 is 6.03 Å². The van der Waals surface area contributed by atoms with E-state index in [-0.39, 0.29) is 0 Å². The minimum absolute atomic E-state index is 0.479. The standard InChI is InChI=1S/C17H18ClN3O3/c1-11-10-13(18)8-9-15(11)24-12(2)16(22)20-21-17(23)19-14-6-4-3-5-7-14/h3-10,12H,1-2H3,(H,20,22)(H2,19,21,23). The Morgan fingerprint density at radius 3 is 2.46 bits per heavy atom. The number of carbonyl (C=O) groups excluding carboxylic acids is 2. The van der Waals surface area contributed by atoms with Crippen LogP contribution in [0.3, 0.4) is 0 Å². The van der Waals surface area contributed by atoms with E-state index in [1.165, 1.54) is 0 Å². The minimum atomic E-state index is -0.790. The Morgan fingerprint density at radius 1 is 1.08 bits per heavy atom. The zero-order chi connectivity index (χ0) is 17.5. The van der Waals surface area contributed by atoms with Crippen LogP contribution in [-0.2, 0) is 4.79 Å². The van der Waals surface area contributed by atoms with Crippen molar-refractivity contribution in [3.8, 4) is 5.75 Å². The van der Waals surface area contributed by atoms with Crippen LogP contribution in [0.25, 0.3) is 0 Å². The Hall–Kier alpha value is -2.73. The van der Waals surface area contributed by atoms with Crippen molar-refractivity contribution in [2.75, 3.05) is 5.32 Å². The van der Waals surface area contributed by atoms with Crippen molar-refractivity contribution in [2.24, 2.45) is 0 Å². The number of rotatable bonds is 4. The van der Waals surface area contributed by atoms with Crippen LogP contribution in [0, 0.1) is 6.92 Å². The number of anilines is 1. The lowest BCUT2D eigenvalue weighted by Gasteiger charge is -2.16. The van der Waals surface area contributed by atoms with E-state index in [9.17, 15) is 9.59 Å². The molecule has 3 N–H and O–H groups in total. The van der Waals surface area contributed by atoms with Crippen LogP contribution in [0.4, 0.5) is 10.5 Å². The maximum absolute atomic E-state index is 12.0. The first kappa shape index (κ1) is 17.6. The predicted octanol–water partition coefficient (Wildman–Crippen LogP) is 3.27. The first-order chi connectivity index (χ1) is 11.5. The van der Waals surface area contributed by atoms with Crippen molar-refractivity contribution in [1.29, 1.82) is 0 Å². The van der Waals surface area contributed by atoms with Gasteiger partial charge in [0.1, 0.15) is 5.75 Å². The summed E-state index contributed by atoms with van der Waals surface area (Å²) in [6.45, 7) is 3.41. The third kappa shape index (κ3) is 5.17. The van der Waals surface area contributed by atoms with E-state index in [1.54, 1.807) is 49.4 Å². The molecule has 6 nitrogen and oxygen atoms in total. The number of ether oxygens (including phenoxy) is 1. The zero-order valence-corrected chi connectivity index (χ0v) is 14.1. The predicted molar refractivity (Wildman–Crippen MR) is 93.0 cm³/mol. The Bertz CT molecular complexity index is 722. The quantitative estimate of drug-likeness (QED) is 0.743. The highest BCUT2D eigenvalue weighted by molar-refractivity contribution is 6.30. The van der Waals surface area contributed by atoms with Gasteiger partial charge in [-0.2, -0.15) is 0 Å². The van der Waals surface area contributed by atoms with Crippen molar-refractivity contribution in [2.45, 2.75) is 20.0 Å². The monoisotopic (exact) mass is 347 g/mol. The normalized spacial score (nSPS) is 11.3. The molecule has 0 aromatic heterocycles. The number of carbonyl (C=O) groups is 2. The molecule has 0 saturated carbocycles. The lowest BCUT2D eigenvalue weighted by Crippen LogP contribution is -2.48. The van der Waals surface area contributed by atoms with Crippen LogP contribution in [0.2, 0.25) is 5.02 Å². The van der Waals surface area contributed by atoms with Gasteiger partial charge in [0.25, 0.3) is 5.91 Å². The molecule has 3 amide bonds. The van der Waals surface area contributed by atoms with Gasteiger partial charge in [0.2, 0.25) is 0 Å². The largest absolute Gasteiger partial charge is 0.481 e. The van der Waals surface area contributed by atoms with E-state index in [1.807, 2.05) is 13.0 Å². The van der Waals surface area contributed by atoms with Gasteiger partial charge in [-0.1, -0.05) is 29.8 Å². The summed E-state index contributed by atoms with van der Waals surface area (Å²) < 4.78 is 5.57. The second kappa shape index (κ2) is 8.21. The molecule has 0 saturated heterocycles. The van der Waals surface area contributed by atoms with Crippen LogP contribution in [0.15, 0.2) is 48.5 Å². The van der Waals surface area contributed by atoms with E-state index >= 15 is 0 Å². The SMILES string of the molecule is Cc1cc(Cl)ccc1OC(C)C(=O)NNC(=O)Nc1ccccc1. The molecule has 126 valence electrons. The molecule has 2 aromatic rings. The molecule has 24 heavy (non-hydrogen) atoms. The van der Waals surface area contributed by atoms with Gasteiger partial charge in [-0.15, -0.1) is 0 Å². The van der Waals surface area contributed by atoms with Gasteiger partial charge in [0, 0.05) is 10.7 Å². The molecule has 7 heteroatoms. The van der Waals surface area contributed by atoms with Gasteiger partial charge < -0.3 is 10.1 Å². The first-order valence-corrected chi connectivity index (χ1v) is 7.68. The number of amides is 3. The fourth-order valence-electron chi connectivity index (χ4n) is 1.89. The lowest BCUT2D eigenvalue weighted by molar-refractivity contribution is -0.127. The van der Waals surface area contributed by atoms with Crippen molar-refractivity contribution >= 4 is 29.2 Å². The number of urea groups is 1. The van der Waals surface area contributed by atoms with Crippen LogP contribution >= 0.6 is 11.6 Å². The van der Waals surface area contributed by atoms with Crippen molar-refractivity contribution in [3.05, 3.63) is 59.1 Å². The molecule has 0 aliphatic rings. The highest BCUT2D eigenvalue weighted by Crippen LogP contribution is 2.22. The summed E-state index contributed by atoms with van der Waals surface area (Å²) in [6.07, 6.45) is -0.790. The molecule has 0 fully saturated rings. The maximum Gasteiger partial charge on any atom is 0.337 e. The Balaban J connectivity index is 1.82. The number of hydrogen-bond acceptors (Lipinski definition) is 3. The zero-order valence-electron chi connectivity index (χ0n) is 13.3. The molecule has 2 aromatic carbocycles. The van der Waals surface area contributed by atoms with Crippen LogP contribution in [0.1, 0.15) is 12.5 Å². The average molecular weight is 348 g/mol. The highest BCUT2D eigenvalue weighted by atomic mass is 35.5. The number of halogens is 1. The Morgan fingerprint density at radius 2 is 1.79 bits per heavy atom. The summed E-state index contributed by atoms with van der Waals surface area (Å²) in [4.78, 5) is 23.7. The molecule has 0 bridgehead atoms. The van der Waals surface area contributed by atoms with Crippen LogP contribution in [0.5, 0.6) is 5.75 Å².